The lowest BCUT2D eigenvalue weighted by atomic mass is 9.80. The van der Waals surface area contributed by atoms with E-state index in [1.54, 1.807) is 0 Å². The summed E-state index contributed by atoms with van der Waals surface area (Å²) >= 11 is 0. The van der Waals surface area contributed by atoms with Gasteiger partial charge in [-0.15, -0.1) is 0 Å². The number of hydrogen-bond donors (Lipinski definition) is 0. The van der Waals surface area contributed by atoms with Gasteiger partial charge in [-0.25, -0.2) is 4.99 Å². The van der Waals surface area contributed by atoms with Gasteiger partial charge in [-0.3, -0.25) is 9.98 Å². The molecule has 2 aliphatic rings. The van der Waals surface area contributed by atoms with Gasteiger partial charge in [-0.2, -0.15) is 0 Å². The van der Waals surface area contributed by atoms with Gasteiger partial charge < -0.3 is 4.57 Å². The lowest BCUT2D eigenvalue weighted by Gasteiger charge is -2.24. The standard InChI is InChI=1S/C48H34N4/c1-31-39(24-21-33-19-20-34-16-11-27-49-47(34)46(31)33)36-22-25-40-41-26-23-37(29-45(41)52(44(40)28-36)38-17-9-4-10-18-38)43-30-42(32-12-5-2-6-13-32)50-48(51-43)35-14-7-3-8-15-35/h2-29,39,43H,1,30H2. The minimum Gasteiger partial charge on any atom is -0.309 e. The molecule has 4 nitrogen and oxygen atoms in total. The zero-order valence-electron chi connectivity index (χ0n) is 28.5. The Balaban J connectivity index is 1.12. The van der Waals surface area contributed by atoms with E-state index >= 15 is 0 Å². The maximum atomic E-state index is 5.28. The highest BCUT2D eigenvalue weighted by atomic mass is 15.0. The number of hydrogen-bond acceptors (Lipinski definition) is 3. The fourth-order valence-electron chi connectivity index (χ4n) is 8.04. The molecule has 1 aliphatic heterocycles. The van der Waals surface area contributed by atoms with E-state index in [1.165, 1.54) is 33.0 Å². The Bertz CT molecular complexity index is 2770. The smallest absolute Gasteiger partial charge is 0.155 e. The predicted octanol–water partition coefficient (Wildman–Crippen LogP) is 11.5. The number of allylic oxidation sites excluding steroid dienone is 2. The first-order valence-corrected chi connectivity index (χ1v) is 17.8. The number of amidine groups is 1. The molecule has 0 fully saturated rings. The van der Waals surface area contributed by atoms with Crippen LogP contribution in [-0.2, 0) is 0 Å². The Morgan fingerprint density at radius 1 is 0.635 bits per heavy atom. The van der Waals surface area contributed by atoms with Gasteiger partial charge in [0.05, 0.1) is 28.3 Å². The van der Waals surface area contributed by atoms with E-state index in [1.807, 2.05) is 30.5 Å². The summed E-state index contributed by atoms with van der Waals surface area (Å²) in [4.78, 5) is 15.2. The van der Waals surface area contributed by atoms with Crippen LogP contribution in [0.1, 0.15) is 51.8 Å². The summed E-state index contributed by atoms with van der Waals surface area (Å²) in [6.45, 7) is 4.67. The van der Waals surface area contributed by atoms with E-state index in [4.69, 9.17) is 15.0 Å². The van der Waals surface area contributed by atoms with Crippen molar-refractivity contribution in [3.63, 3.8) is 0 Å². The molecule has 2 atom stereocenters. The maximum Gasteiger partial charge on any atom is 0.155 e. The number of para-hydroxylation sites is 1. The molecule has 6 aromatic carbocycles. The van der Waals surface area contributed by atoms with Gasteiger partial charge in [0.1, 0.15) is 0 Å². The molecular formula is C48H34N4. The summed E-state index contributed by atoms with van der Waals surface area (Å²) in [5.41, 5.74) is 13.4. The highest BCUT2D eigenvalue weighted by Crippen LogP contribution is 2.43. The molecule has 10 rings (SSSR count). The Morgan fingerprint density at radius 2 is 1.31 bits per heavy atom. The average molecular weight is 667 g/mol. The molecule has 0 amide bonds. The van der Waals surface area contributed by atoms with E-state index in [2.05, 4.69) is 151 Å². The van der Waals surface area contributed by atoms with Crippen LogP contribution >= 0.6 is 0 Å². The zero-order chi connectivity index (χ0) is 34.6. The van der Waals surface area contributed by atoms with Crippen molar-refractivity contribution in [2.45, 2.75) is 18.4 Å². The second kappa shape index (κ2) is 12.3. The van der Waals surface area contributed by atoms with Crippen molar-refractivity contribution in [3.05, 3.63) is 204 Å². The van der Waals surface area contributed by atoms with Crippen LogP contribution in [0, 0.1) is 0 Å². The van der Waals surface area contributed by atoms with Crippen LogP contribution in [0.5, 0.6) is 0 Å². The van der Waals surface area contributed by atoms with Gasteiger partial charge in [-0.1, -0.05) is 140 Å². The molecule has 2 unspecified atom stereocenters. The quantitative estimate of drug-likeness (QED) is 0.180. The van der Waals surface area contributed by atoms with Crippen molar-refractivity contribution < 1.29 is 0 Å². The summed E-state index contributed by atoms with van der Waals surface area (Å²) < 4.78 is 2.41. The average Bonchev–Trinajstić information content (AvgIpc) is 3.54. The molecule has 52 heavy (non-hydrogen) atoms. The van der Waals surface area contributed by atoms with Crippen molar-refractivity contribution in [1.29, 1.82) is 0 Å². The lowest BCUT2D eigenvalue weighted by Crippen LogP contribution is -2.17. The van der Waals surface area contributed by atoms with Crippen LogP contribution in [0.15, 0.2) is 180 Å². The van der Waals surface area contributed by atoms with Gasteiger partial charge >= 0.3 is 0 Å². The first kappa shape index (κ1) is 30.2. The van der Waals surface area contributed by atoms with Gasteiger partial charge in [0.2, 0.25) is 0 Å². The van der Waals surface area contributed by atoms with Gasteiger partial charge in [-0.05, 0) is 58.2 Å². The van der Waals surface area contributed by atoms with Crippen molar-refractivity contribution >= 4 is 55.9 Å². The van der Waals surface area contributed by atoms with Gasteiger partial charge in [0.25, 0.3) is 0 Å². The maximum absolute atomic E-state index is 5.28. The van der Waals surface area contributed by atoms with Crippen LogP contribution in [0.25, 0.3) is 50.0 Å². The van der Waals surface area contributed by atoms with Crippen LogP contribution < -0.4 is 0 Å². The normalized spacial score (nSPS) is 17.0. The number of pyridine rings is 1. The predicted molar refractivity (Wildman–Crippen MR) is 217 cm³/mol. The van der Waals surface area contributed by atoms with E-state index < -0.39 is 0 Å². The minimum atomic E-state index is -0.0793. The summed E-state index contributed by atoms with van der Waals surface area (Å²) in [5.74, 6) is 0.806. The minimum absolute atomic E-state index is 0.0333. The number of fused-ring (bicyclic) bond motifs is 6. The summed E-state index contributed by atoms with van der Waals surface area (Å²) in [5, 5.41) is 3.57. The van der Waals surface area contributed by atoms with Gasteiger partial charge in [0, 0.05) is 51.5 Å². The molecule has 246 valence electrons. The molecule has 8 aromatic rings. The zero-order valence-corrected chi connectivity index (χ0v) is 28.5. The third-order valence-corrected chi connectivity index (χ3v) is 10.6. The van der Waals surface area contributed by atoms with Crippen LogP contribution in [-0.4, -0.2) is 21.1 Å². The summed E-state index contributed by atoms with van der Waals surface area (Å²) in [7, 11) is 0. The number of aromatic nitrogens is 2. The summed E-state index contributed by atoms with van der Waals surface area (Å²) in [6, 6.07) is 53.7. The topological polar surface area (TPSA) is 42.5 Å². The van der Waals surface area contributed by atoms with E-state index in [0.717, 1.165) is 62.3 Å². The van der Waals surface area contributed by atoms with E-state index in [9.17, 15) is 0 Å². The Hall–Kier alpha value is -6.65. The van der Waals surface area contributed by atoms with Crippen molar-refractivity contribution in [2.75, 3.05) is 0 Å². The number of aliphatic imine (C=N–C) groups is 2. The van der Waals surface area contributed by atoms with E-state index in [-0.39, 0.29) is 12.0 Å². The molecule has 0 N–H and O–H groups in total. The molecule has 0 saturated carbocycles. The molecule has 2 aromatic heterocycles. The van der Waals surface area contributed by atoms with Crippen LogP contribution in [0.4, 0.5) is 0 Å². The van der Waals surface area contributed by atoms with Crippen molar-refractivity contribution in [1.82, 2.24) is 9.55 Å². The fourth-order valence-corrected chi connectivity index (χ4v) is 8.04. The van der Waals surface area contributed by atoms with Crippen LogP contribution in [0.2, 0.25) is 0 Å². The molecule has 0 radical (unpaired) electrons. The Morgan fingerprint density at radius 3 is 2.06 bits per heavy atom. The fraction of sp³-hybridized carbons (Fsp3) is 0.0625. The molecule has 0 saturated heterocycles. The summed E-state index contributed by atoms with van der Waals surface area (Å²) in [6.07, 6.45) is 7.11. The first-order chi connectivity index (χ1) is 25.7. The molecule has 4 heteroatoms. The largest absolute Gasteiger partial charge is 0.309 e. The lowest BCUT2D eigenvalue weighted by molar-refractivity contribution is 0.754. The molecule has 0 spiro atoms. The number of benzene rings is 6. The molecule has 3 heterocycles. The Kier molecular flexibility index (Phi) is 7.14. The third kappa shape index (κ3) is 5.03. The molecular weight excluding hydrogens is 633 g/mol. The second-order valence-electron chi connectivity index (χ2n) is 13.7. The molecule has 0 bridgehead atoms. The van der Waals surface area contributed by atoms with Crippen molar-refractivity contribution in [3.8, 4) is 5.69 Å². The SMILES string of the molecule is C=C1c2c(ccc3cccnc23)C=CC1c1ccc2c3ccc(C4CC(c5ccccc5)=NC(c5ccccc5)=N4)cc3n(-c3ccccc3)c2c1. The van der Waals surface area contributed by atoms with Crippen molar-refractivity contribution in [2.24, 2.45) is 9.98 Å². The van der Waals surface area contributed by atoms with Crippen LogP contribution in [0.3, 0.4) is 0 Å². The first-order valence-electron chi connectivity index (χ1n) is 17.8. The molecule has 1 aliphatic carbocycles. The monoisotopic (exact) mass is 666 g/mol. The highest BCUT2D eigenvalue weighted by molar-refractivity contribution is 6.14. The number of rotatable bonds is 5. The van der Waals surface area contributed by atoms with Gasteiger partial charge in [0.15, 0.2) is 5.84 Å². The van der Waals surface area contributed by atoms with E-state index in [0.29, 0.717) is 0 Å². The highest BCUT2D eigenvalue weighted by Gasteiger charge is 2.26. The third-order valence-electron chi connectivity index (χ3n) is 10.6. The number of nitrogens with zero attached hydrogens (tertiary/aromatic N) is 4. The second-order valence-corrected chi connectivity index (χ2v) is 13.7. The Labute approximate surface area is 302 Å².